The average molecular weight is 228 g/mol. The molecule has 84 valence electrons. The molecule has 1 aromatic rings. The molecule has 0 saturated heterocycles. The average Bonchev–Trinajstić information content (AvgIpc) is 2.58. The van der Waals surface area contributed by atoms with Crippen LogP contribution in [-0.4, -0.2) is 16.3 Å². The highest BCUT2D eigenvalue weighted by Gasteiger charge is 2.13. The number of rotatable bonds is 6. The van der Waals surface area contributed by atoms with E-state index in [0.717, 1.165) is 23.5 Å². The Balaban J connectivity index is 2.41. The minimum absolute atomic E-state index is 0.173. The summed E-state index contributed by atoms with van der Waals surface area (Å²) < 4.78 is 5.30. The zero-order chi connectivity index (χ0) is 11.3. The minimum Gasteiger partial charge on any atom is -0.481 e. The van der Waals surface area contributed by atoms with Crippen LogP contribution in [0.2, 0.25) is 0 Å². The van der Waals surface area contributed by atoms with Crippen molar-refractivity contribution < 1.29 is 14.3 Å². The first-order chi connectivity index (χ1) is 7.13. The van der Waals surface area contributed by atoms with Crippen molar-refractivity contribution in [2.24, 2.45) is 0 Å². The van der Waals surface area contributed by atoms with Crippen molar-refractivity contribution in [3.63, 3.8) is 0 Å². The van der Waals surface area contributed by atoms with E-state index in [9.17, 15) is 4.79 Å². The summed E-state index contributed by atoms with van der Waals surface area (Å²) in [4.78, 5) is 10.6. The molecule has 0 radical (unpaired) electrons. The summed E-state index contributed by atoms with van der Waals surface area (Å²) in [5, 5.41) is 8.86. The zero-order valence-corrected chi connectivity index (χ0v) is 9.84. The Kier molecular flexibility index (Phi) is 4.75. The van der Waals surface area contributed by atoms with Gasteiger partial charge in [-0.25, -0.2) is 0 Å². The number of hydrogen-bond acceptors (Lipinski definition) is 3. The third kappa shape index (κ3) is 4.00. The fraction of sp³-hybridized carbons (Fsp3) is 0.545. The monoisotopic (exact) mass is 228 g/mol. The maximum atomic E-state index is 10.6. The van der Waals surface area contributed by atoms with Crippen LogP contribution in [0, 0.1) is 6.92 Å². The maximum Gasteiger partial charge on any atom is 0.304 e. The summed E-state index contributed by atoms with van der Waals surface area (Å²) in [7, 11) is 0. The second kappa shape index (κ2) is 5.85. The molecule has 1 atom stereocenters. The fourth-order valence-corrected chi connectivity index (χ4v) is 2.44. The molecule has 1 aromatic heterocycles. The topological polar surface area (TPSA) is 50.4 Å². The van der Waals surface area contributed by atoms with Gasteiger partial charge in [-0.05, 0) is 25.0 Å². The summed E-state index contributed by atoms with van der Waals surface area (Å²) in [5.74, 6) is 0.972. The molecule has 0 amide bonds. The molecule has 1 N–H and O–H groups in total. The molecule has 1 rings (SSSR count). The smallest absolute Gasteiger partial charge is 0.304 e. The van der Waals surface area contributed by atoms with Gasteiger partial charge in [-0.15, -0.1) is 11.8 Å². The van der Waals surface area contributed by atoms with Crippen LogP contribution in [-0.2, 0) is 10.5 Å². The van der Waals surface area contributed by atoms with Crippen LogP contribution in [0.4, 0.5) is 0 Å². The van der Waals surface area contributed by atoms with E-state index >= 15 is 0 Å². The first-order valence-corrected chi connectivity index (χ1v) is 6.04. The lowest BCUT2D eigenvalue weighted by atomic mass is 10.2. The Labute approximate surface area is 93.9 Å². The number of furan rings is 1. The van der Waals surface area contributed by atoms with Crippen molar-refractivity contribution in [1.82, 2.24) is 0 Å². The molecule has 0 aliphatic carbocycles. The van der Waals surface area contributed by atoms with E-state index in [1.807, 2.05) is 19.9 Å². The SMILES string of the molecule is CCC(CC(=O)O)SCc1occc1C. The molecule has 0 saturated carbocycles. The van der Waals surface area contributed by atoms with E-state index in [1.165, 1.54) is 0 Å². The zero-order valence-electron chi connectivity index (χ0n) is 9.03. The first-order valence-electron chi connectivity index (χ1n) is 4.99. The summed E-state index contributed by atoms with van der Waals surface area (Å²) in [6.45, 7) is 4.01. The number of thioether (sulfide) groups is 1. The first kappa shape index (κ1) is 12.2. The normalized spacial score (nSPS) is 12.7. The third-order valence-corrected chi connectivity index (χ3v) is 3.68. The van der Waals surface area contributed by atoms with Crippen molar-refractivity contribution in [1.29, 1.82) is 0 Å². The van der Waals surface area contributed by atoms with E-state index in [0.29, 0.717) is 0 Å². The van der Waals surface area contributed by atoms with E-state index in [-0.39, 0.29) is 11.7 Å². The summed E-state index contributed by atoms with van der Waals surface area (Å²) >= 11 is 1.65. The lowest BCUT2D eigenvalue weighted by molar-refractivity contribution is -0.136. The van der Waals surface area contributed by atoms with E-state index in [2.05, 4.69) is 0 Å². The molecule has 0 aromatic carbocycles. The van der Waals surface area contributed by atoms with Crippen LogP contribution in [0.5, 0.6) is 0 Å². The van der Waals surface area contributed by atoms with Crippen LogP contribution in [0.3, 0.4) is 0 Å². The van der Waals surface area contributed by atoms with E-state index < -0.39 is 5.97 Å². The van der Waals surface area contributed by atoms with Gasteiger partial charge in [-0.1, -0.05) is 6.92 Å². The molecule has 0 aliphatic heterocycles. The predicted octanol–water partition coefficient (Wildman–Crippen LogP) is 3.07. The molecule has 0 spiro atoms. The lowest BCUT2D eigenvalue weighted by Crippen LogP contribution is -2.08. The predicted molar refractivity (Wildman–Crippen MR) is 61.1 cm³/mol. The van der Waals surface area contributed by atoms with Gasteiger partial charge < -0.3 is 9.52 Å². The maximum absolute atomic E-state index is 10.6. The Bertz CT molecular complexity index is 319. The molecule has 15 heavy (non-hydrogen) atoms. The highest BCUT2D eigenvalue weighted by Crippen LogP contribution is 2.24. The van der Waals surface area contributed by atoms with E-state index in [1.54, 1.807) is 18.0 Å². The molecule has 0 fully saturated rings. The standard InChI is InChI=1S/C11H16O3S/c1-3-9(6-11(12)13)15-7-10-8(2)4-5-14-10/h4-5,9H,3,6-7H2,1-2H3,(H,12,13). The number of hydrogen-bond donors (Lipinski definition) is 1. The lowest BCUT2D eigenvalue weighted by Gasteiger charge is -2.10. The third-order valence-electron chi connectivity index (χ3n) is 2.28. The molecule has 1 unspecified atom stereocenters. The molecule has 3 nitrogen and oxygen atoms in total. The molecule has 0 aliphatic rings. The second-order valence-corrected chi connectivity index (χ2v) is 4.75. The van der Waals surface area contributed by atoms with Crippen molar-refractivity contribution in [3.05, 3.63) is 23.7 Å². The van der Waals surface area contributed by atoms with Gasteiger partial charge in [0.2, 0.25) is 0 Å². The van der Waals surface area contributed by atoms with Gasteiger partial charge in [-0.3, -0.25) is 4.79 Å². The van der Waals surface area contributed by atoms with Crippen LogP contribution >= 0.6 is 11.8 Å². The van der Waals surface area contributed by atoms with Gasteiger partial charge in [0.15, 0.2) is 0 Å². The van der Waals surface area contributed by atoms with Gasteiger partial charge in [0.05, 0.1) is 18.4 Å². The molecule has 1 heterocycles. The summed E-state index contributed by atoms with van der Waals surface area (Å²) in [6, 6.07) is 1.92. The Morgan fingerprint density at radius 1 is 1.67 bits per heavy atom. The summed E-state index contributed by atoms with van der Waals surface area (Å²) in [6.07, 6.45) is 2.76. The molecular formula is C11H16O3S. The highest BCUT2D eigenvalue weighted by atomic mass is 32.2. The van der Waals surface area contributed by atoms with Crippen molar-refractivity contribution in [3.8, 4) is 0 Å². The van der Waals surface area contributed by atoms with Gasteiger partial charge in [0.1, 0.15) is 5.76 Å². The van der Waals surface area contributed by atoms with Crippen LogP contribution < -0.4 is 0 Å². The van der Waals surface area contributed by atoms with Crippen molar-refractivity contribution >= 4 is 17.7 Å². The van der Waals surface area contributed by atoms with Crippen LogP contribution in [0.15, 0.2) is 16.7 Å². The van der Waals surface area contributed by atoms with Gasteiger partial charge >= 0.3 is 5.97 Å². The number of aliphatic carboxylic acids is 1. The Morgan fingerprint density at radius 3 is 2.87 bits per heavy atom. The van der Waals surface area contributed by atoms with Crippen molar-refractivity contribution in [2.75, 3.05) is 0 Å². The van der Waals surface area contributed by atoms with Crippen molar-refractivity contribution in [2.45, 2.75) is 37.7 Å². The Morgan fingerprint density at radius 2 is 2.40 bits per heavy atom. The van der Waals surface area contributed by atoms with Crippen LogP contribution in [0.25, 0.3) is 0 Å². The summed E-state index contributed by atoms with van der Waals surface area (Å²) in [5.41, 5.74) is 1.13. The number of carboxylic acid groups (broad SMARTS) is 1. The quantitative estimate of drug-likeness (QED) is 0.813. The Hall–Kier alpha value is -0.900. The fourth-order valence-electron chi connectivity index (χ4n) is 1.26. The van der Waals surface area contributed by atoms with E-state index in [4.69, 9.17) is 9.52 Å². The van der Waals surface area contributed by atoms with Gasteiger partial charge in [0, 0.05) is 5.25 Å². The van der Waals surface area contributed by atoms with Crippen LogP contribution in [0.1, 0.15) is 31.1 Å². The minimum atomic E-state index is -0.731. The van der Waals surface area contributed by atoms with Gasteiger partial charge in [0.25, 0.3) is 0 Å². The molecule has 0 bridgehead atoms. The number of carboxylic acids is 1. The number of carbonyl (C=O) groups is 1. The second-order valence-electron chi connectivity index (χ2n) is 3.47. The molecular weight excluding hydrogens is 212 g/mol. The largest absolute Gasteiger partial charge is 0.481 e. The van der Waals surface area contributed by atoms with Gasteiger partial charge in [-0.2, -0.15) is 0 Å². The highest BCUT2D eigenvalue weighted by molar-refractivity contribution is 7.99. The number of aryl methyl sites for hydroxylation is 1. The molecule has 4 heteroatoms.